The summed E-state index contributed by atoms with van der Waals surface area (Å²) in [5.74, 6) is -0.116. The molecule has 0 unspecified atom stereocenters. The Hall–Kier alpha value is -2.24. The van der Waals surface area contributed by atoms with Gasteiger partial charge in [-0.3, -0.25) is 14.9 Å². The summed E-state index contributed by atoms with van der Waals surface area (Å²) in [7, 11) is 0. The number of rotatable bonds is 17. The first-order valence-corrected chi connectivity index (χ1v) is 11.2. The summed E-state index contributed by atoms with van der Waals surface area (Å²) in [4.78, 5) is 22.1. The van der Waals surface area contributed by atoms with Crippen LogP contribution in [0.2, 0.25) is 0 Å². The summed E-state index contributed by atoms with van der Waals surface area (Å²) >= 11 is 0. The van der Waals surface area contributed by atoms with Crippen molar-refractivity contribution in [1.82, 2.24) is 5.43 Å². The number of nitro benzene ring substituents is 1. The molecular weight excluding hydrogens is 366 g/mol. The van der Waals surface area contributed by atoms with Crippen molar-refractivity contribution in [3.63, 3.8) is 0 Å². The number of carbonyl (C=O) groups excluding carboxylic acids is 1. The molecule has 1 aromatic rings. The molecule has 29 heavy (non-hydrogen) atoms. The van der Waals surface area contributed by atoms with Gasteiger partial charge in [0, 0.05) is 24.1 Å². The first-order chi connectivity index (χ1) is 14.1. The lowest BCUT2D eigenvalue weighted by atomic mass is 10.0. The molecule has 1 aromatic carbocycles. The largest absolute Gasteiger partial charge is 0.273 e. The van der Waals surface area contributed by atoms with Gasteiger partial charge in [-0.15, -0.1) is 0 Å². The molecule has 0 saturated heterocycles. The Labute approximate surface area is 175 Å². The first kappa shape index (κ1) is 24.8. The molecule has 0 aliphatic carbocycles. The van der Waals surface area contributed by atoms with E-state index in [1.165, 1.54) is 89.0 Å². The van der Waals surface area contributed by atoms with Gasteiger partial charge in [-0.25, -0.2) is 5.43 Å². The molecule has 0 atom stereocenters. The maximum atomic E-state index is 11.8. The van der Waals surface area contributed by atoms with Crippen molar-refractivity contribution in [2.24, 2.45) is 5.10 Å². The van der Waals surface area contributed by atoms with Crippen molar-refractivity contribution in [3.8, 4) is 0 Å². The molecule has 0 aliphatic heterocycles. The van der Waals surface area contributed by atoms with Gasteiger partial charge in [-0.1, -0.05) is 96.1 Å². The monoisotopic (exact) mass is 403 g/mol. The van der Waals surface area contributed by atoms with E-state index in [4.69, 9.17) is 0 Å². The van der Waals surface area contributed by atoms with Crippen LogP contribution in [-0.2, 0) is 4.79 Å². The minimum atomic E-state index is -0.454. The van der Waals surface area contributed by atoms with Crippen molar-refractivity contribution >= 4 is 17.8 Å². The highest BCUT2D eigenvalue weighted by atomic mass is 16.6. The lowest BCUT2D eigenvalue weighted by Crippen LogP contribution is -2.16. The number of nitrogens with zero attached hydrogens (tertiary/aromatic N) is 2. The number of non-ortho nitro benzene ring substituents is 1. The van der Waals surface area contributed by atoms with E-state index >= 15 is 0 Å². The van der Waals surface area contributed by atoms with Crippen LogP contribution in [0, 0.1) is 10.1 Å². The standard InChI is InChI=1S/C23H37N3O3/c1-2-3-4-5-6-7-8-9-10-11-12-13-14-18-23(27)25-24-20-21-16-15-17-22(19-21)26(28)29/h15-17,19-20H,2-14,18H2,1H3,(H,25,27)/b24-20+. The van der Waals surface area contributed by atoms with Crippen LogP contribution in [-0.4, -0.2) is 17.0 Å². The normalized spacial score (nSPS) is 11.1. The molecule has 0 fully saturated rings. The van der Waals surface area contributed by atoms with Crippen LogP contribution in [0.1, 0.15) is 102 Å². The summed E-state index contributed by atoms with van der Waals surface area (Å²) in [5.41, 5.74) is 3.07. The van der Waals surface area contributed by atoms with E-state index in [1.54, 1.807) is 12.1 Å². The van der Waals surface area contributed by atoms with Crippen molar-refractivity contribution in [2.45, 2.75) is 96.8 Å². The molecule has 0 aromatic heterocycles. The molecule has 162 valence electrons. The molecule has 0 heterocycles. The SMILES string of the molecule is CCCCCCCCCCCCCCCC(=O)N/N=C/c1cccc([N+](=O)[O-])c1. The molecule has 0 spiro atoms. The molecule has 0 aliphatic rings. The quantitative estimate of drug-likeness (QED) is 0.139. The van der Waals surface area contributed by atoms with Gasteiger partial charge < -0.3 is 0 Å². The number of hydrogen-bond donors (Lipinski definition) is 1. The van der Waals surface area contributed by atoms with Gasteiger partial charge in [0.1, 0.15) is 0 Å². The average Bonchev–Trinajstić information content (AvgIpc) is 2.71. The molecular formula is C23H37N3O3. The highest BCUT2D eigenvalue weighted by Crippen LogP contribution is 2.13. The molecule has 0 radical (unpaired) electrons. The van der Waals surface area contributed by atoms with Gasteiger partial charge in [0.25, 0.3) is 5.69 Å². The van der Waals surface area contributed by atoms with Gasteiger partial charge in [0.15, 0.2) is 0 Å². The molecule has 0 saturated carbocycles. The van der Waals surface area contributed by atoms with Crippen molar-refractivity contribution < 1.29 is 9.72 Å². The van der Waals surface area contributed by atoms with E-state index < -0.39 is 4.92 Å². The third-order valence-corrected chi connectivity index (χ3v) is 4.99. The fourth-order valence-electron chi connectivity index (χ4n) is 3.26. The Morgan fingerprint density at radius 2 is 1.52 bits per heavy atom. The predicted octanol–water partition coefficient (Wildman–Crippen LogP) is 6.53. The number of nitro groups is 1. The van der Waals surface area contributed by atoms with Crippen LogP contribution < -0.4 is 5.43 Å². The summed E-state index contributed by atoms with van der Waals surface area (Å²) < 4.78 is 0. The maximum Gasteiger partial charge on any atom is 0.270 e. The van der Waals surface area contributed by atoms with E-state index in [2.05, 4.69) is 17.5 Å². The van der Waals surface area contributed by atoms with Crippen LogP contribution >= 0.6 is 0 Å². The average molecular weight is 404 g/mol. The number of hydrogen-bond acceptors (Lipinski definition) is 4. The molecule has 0 bridgehead atoms. The Bertz CT molecular complexity index is 617. The fourth-order valence-corrected chi connectivity index (χ4v) is 3.26. The van der Waals surface area contributed by atoms with E-state index in [9.17, 15) is 14.9 Å². The topological polar surface area (TPSA) is 84.6 Å². The summed E-state index contributed by atoms with van der Waals surface area (Å²) in [6, 6.07) is 6.14. The van der Waals surface area contributed by atoms with Gasteiger partial charge in [0.05, 0.1) is 11.1 Å². The van der Waals surface area contributed by atoms with E-state index in [0.29, 0.717) is 12.0 Å². The number of carbonyl (C=O) groups is 1. The second-order valence-electron chi connectivity index (χ2n) is 7.64. The van der Waals surface area contributed by atoms with Gasteiger partial charge in [-0.2, -0.15) is 5.10 Å². The van der Waals surface area contributed by atoms with Crippen LogP contribution in [0.15, 0.2) is 29.4 Å². The third kappa shape index (κ3) is 13.6. The van der Waals surface area contributed by atoms with Crippen LogP contribution in [0.25, 0.3) is 0 Å². The van der Waals surface area contributed by atoms with Crippen LogP contribution in [0.3, 0.4) is 0 Å². The van der Waals surface area contributed by atoms with E-state index in [1.807, 2.05) is 0 Å². The van der Waals surface area contributed by atoms with Crippen molar-refractivity contribution in [2.75, 3.05) is 0 Å². The van der Waals surface area contributed by atoms with Crippen molar-refractivity contribution in [3.05, 3.63) is 39.9 Å². The van der Waals surface area contributed by atoms with Gasteiger partial charge in [-0.05, 0) is 6.42 Å². The van der Waals surface area contributed by atoms with Gasteiger partial charge in [0.2, 0.25) is 5.91 Å². The zero-order valence-corrected chi connectivity index (χ0v) is 17.9. The zero-order valence-electron chi connectivity index (χ0n) is 17.9. The number of unbranched alkanes of at least 4 members (excludes halogenated alkanes) is 12. The van der Waals surface area contributed by atoms with Gasteiger partial charge >= 0.3 is 0 Å². The molecule has 1 amide bonds. The lowest BCUT2D eigenvalue weighted by Gasteiger charge is -2.03. The maximum absolute atomic E-state index is 11.8. The zero-order chi connectivity index (χ0) is 21.2. The molecule has 1 N–H and O–H groups in total. The predicted molar refractivity (Wildman–Crippen MR) is 119 cm³/mol. The Morgan fingerprint density at radius 1 is 0.966 bits per heavy atom. The number of amides is 1. The Morgan fingerprint density at radius 3 is 2.07 bits per heavy atom. The van der Waals surface area contributed by atoms with E-state index in [-0.39, 0.29) is 11.6 Å². The second kappa shape index (κ2) is 16.7. The molecule has 6 heteroatoms. The minimum absolute atomic E-state index is 0.00671. The lowest BCUT2D eigenvalue weighted by molar-refractivity contribution is -0.384. The van der Waals surface area contributed by atoms with Crippen LogP contribution in [0.4, 0.5) is 5.69 Å². The summed E-state index contributed by atoms with van der Waals surface area (Å²) in [6.45, 7) is 2.25. The highest BCUT2D eigenvalue weighted by molar-refractivity contribution is 5.83. The second-order valence-corrected chi connectivity index (χ2v) is 7.64. The fraction of sp³-hybridized carbons (Fsp3) is 0.652. The van der Waals surface area contributed by atoms with Crippen LogP contribution in [0.5, 0.6) is 0 Å². The summed E-state index contributed by atoms with van der Waals surface area (Å²) in [6.07, 6.45) is 18.5. The number of hydrazone groups is 1. The molecule has 1 rings (SSSR count). The number of benzene rings is 1. The minimum Gasteiger partial charge on any atom is -0.273 e. The van der Waals surface area contributed by atoms with E-state index in [0.717, 1.165) is 12.8 Å². The smallest absolute Gasteiger partial charge is 0.270 e. The Balaban J connectivity index is 1.96. The summed E-state index contributed by atoms with van der Waals surface area (Å²) in [5, 5.41) is 14.6. The third-order valence-electron chi connectivity index (χ3n) is 4.99. The van der Waals surface area contributed by atoms with Crippen molar-refractivity contribution in [1.29, 1.82) is 0 Å². The molecule has 6 nitrogen and oxygen atoms in total. The highest BCUT2D eigenvalue weighted by Gasteiger charge is 2.04. The Kier molecular flexibility index (Phi) is 14.3. The first-order valence-electron chi connectivity index (χ1n) is 11.2. The number of nitrogens with one attached hydrogen (secondary N) is 1.